The highest BCUT2D eigenvalue weighted by Gasteiger charge is 2.49. The number of benzene rings is 2. The molecule has 5 nitrogen and oxygen atoms in total. The molecule has 4 rings (SSSR count). The van der Waals surface area contributed by atoms with Gasteiger partial charge in [0.05, 0.1) is 16.2 Å². The number of amides is 3. The van der Waals surface area contributed by atoms with Gasteiger partial charge in [0.25, 0.3) is 0 Å². The van der Waals surface area contributed by atoms with Crippen molar-refractivity contribution in [1.82, 2.24) is 4.90 Å². The van der Waals surface area contributed by atoms with Crippen LogP contribution in [0.25, 0.3) is 0 Å². The lowest BCUT2D eigenvalue weighted by Crippen LogP contribution is -2.53. The summed E-state index contributed by atoms with van der Waals surface area (Å²) in [6.45, 7) is 0.768. The molecule has 0 aromatic heterocycles. The molecule has 31 heavy (non-hydrogen) atoms. The number of rotatable bonds is 2. The van der Waals surface area contributed by atoms with E-state index in [0.29, 0.717) is 36.6 Å². The van der Waals surface area contributed by atoms with E-state index in [4.69, 9.17) is 11.6 Å². The van der Waals surface area contributed by atoms with Gasteiger partial charge < -0.3 is 10.2 Å². The summed E-state index contributed by atoms with van der Waals surface area (Å²) in [6.07, 6.45) is -3.55. The molecule has 2 aromatic carbocycles. The molecule has 0 saturated carbocycles. The highest BCUT2D eigenvalue weighted by molar-refractivity contribution is 8.02. The maximum Gasteiger partial charge on any atom is 0.416 e. The Balaban J connectivity index is 1.48. The third kappa shape index (κ3) is 4.48. The summed E-state index contributed by atoms with van der Waals surface area (Å²) in [5, 5.41) is 3.37. The Hall–Kier alpha value is -2.39. The minimum absolute atomic E-state index is 0.202. The number of urea groups is 1. The largest absolute Gasteiger partial charge is 0.416 e. The van der Waals surface area contributed by atoms with Crippen LogP contribution in [-0.2, 0) is 11.0 Å². The van der Waals surface area contributed by atoms with Crippen molar-refractivity contribution in [2.24, 2.45) is 0 Å². The zero-order chi connectivity index (χ0) is 22.2. The van der Waals surface area contributed by atoms with Crippen molar-refractivity contribution in [3.63, 3.8) is 0 Å². The van der Waals surface area contributed by atoms with E-state index in [1.54, 1.807) is 29.2 Å². The summed E-state index contributed by atoms with van der Waals surface area (Å²) in [7, 11) is 0. The quantitative estimate of drug-likeness (QED) is 0.635. The Bertz CT molecular complexity index is 992. The van der Waals surface area contributed by atoms with Crippen LogP contribution in [0, 0.1) is 0 Å². The van der Waals surface area contributed by atoms with Crippen LogP contribution >= 0.6 is 23.4 Å². The second kappa shape index (κ2) is 8.27. The fourth-order valence-corrected chi connectivity index (χ4v) is 5.37. The lowest BCUT2D eigenvalue weighted by atomic mass is 10.0. The van der Waals surface area contributed by atoms with Gasteiger partial charge >= 0.3 is 12.2 Å². The Labute approximate surface area is 186 Å². The van der Waals surface area contributed by atoms with Crippen molar-refractivity contribution >= 4 is 46.7 Å². The summed E-state index contributed by atoms with van der Waals surface area (Å²) in [4.78, 5) is 27.7. The second-order valence-electron chi connectivity index (χ2n) is 7.44. The molecule has 2 saturated heterocycles. The predicted octanol–water partition coefficient (Wildman–Crippen LogP) is 5.46. The van der Waals surface area contributed by atoms with E-state index < -0.39 is 16.6 Å². The van der Waals surface area contributed by atoms with Gasteiger partial charge in [-0.25, -0.2) is 4.79 Å². The molecule has 0 radical (unpaired) electrons. The van der Waals surface area contributed by atoms with E-state index in [1.807, 2.05) is 0 Å². The number of likely N-dealkylation sites (tertiary alicyclic amines) is 1. The summed E-state index contributed by atoms with van der Waals surface area (Å²) >= 11 is 7.29. The number of halogens is 4. The minimum Gasteiger partial charge on any atom is -0.324 e. The lowest BCUT2D eigenvalue weighted by Gasteiger charge is -2.44. The average molecular weight is 470 g/mol. The van der Waals surface area contributed by atoms with Gasteiger partial charge in [0, 0.05) is 29.5 Å². The smallest absolute Gasteiger partial charge is 0.324 e. The molecule has 164 valence electrons. The molecular formula is C21H19ClF3N3O2S. The van der Waals surface area contributed by atoms with Gasteiger partial charge in [0.1, 0.15) is 0 Å². The van der Waals surface area contributed by atoms with Crippen LogP contribution in [0.3, 0.4) is 0 Å². The van der Waals surface area contributed by atoms with Gasteiger partial charge in [0.2, 0.25) is 5.91 Å². The average Bonchev–Trinajstić information content (AvgIpc) is 3.05. The van der Waals surface area contributed by atoms with Gasteiger partial charge in [-0.1, -0.05) is 17.7 Å². The summed E-state index contributed by atoms with van der Waals surface area (Å²) in [5.41, 5.74) is 0.0687. The zero-order valence-corrected chi connectivity index (χ0v) is 17.9. The molecule has 2 aliphatic heterocycles. The first kappa shape index (κ1) is 21.8. The first-order chi connectivity index (χ1) is 14.7. The van der Waals surface area contributed by atoms with E-state index in [-0.39, 0.29) is 23.4 Å². The fraction of sp³-hybridized carbons (Fsp3) is 0.333. The number of carbonyl (C=O) groups excluding carboxylic acids is 2. The molecule has 2 aromatic rings. The van der Waals surface area contributed by atoms with Crippen LogP contribution in [-0.4, -0.2) is 40.6 Å². The lowest BCUT2D eigenvalue weighted by molar-refractivity contribution is -0.137. The van der Waals surface area contributed by atoms with E-state index in [0.717, 1.165) is 12.1 Å². The maximum atomic E-state index is 13.2. The van der Waals surface area contributed by atoms with Crippen LogP contribution in [0.1, 0.15) is 18.4 Å². The molecule has 3 amide bonds. The number of thioether (sulfide) groups is 1. The van der Waals surface area contributed by atoms with Gasteiger partial charge in [-0.05, 0) is 55.3 Å². The van der Waals surface area contributed by atoms with Crippen molar-refractivity contribution in [2.45, 2.75) is 23.9 Å². The summed E-state index contributed by atoms with van der Waals surface area (Å²) in [6, 6.07) is 11.3. The van der Waals surface area contributed by atoms with Crippen LogP contribution in [0.4, 0.5) is 29.3 Å². The number of alkyl halides is 3. The van der Waals surface area contributed by atoms with Crippen molar-refractivity contribution in [3.05, 3.63) is 59.1 Å². The third-order valence-corrected chi connectivity index (χ3v) is 7.25. The zero-order valence-electron chi connectivity index (χ0n) is 16.3. The number of piperidine rings is 1. The van der Waals surface area contributed by atoms with Crippen LogP contribution < -0.4 is 10.2 Å². The molecular weight excluding hydrogens is 451 g/mol. The number of hydrogen-bond acceptors (Lipinski definition) is 3. The predicted molar refractivity (Wildman–Crippen MR) is 115 cm³/mol. The van der Waals surface area contributed by atoms with Crippen molar-refractivity contribution in [3.8, 4) is 0 Å². The van der Waals surface area contributed by atoms with Crippen LogP contribution in [0.15, 0.2) is 48.5 Å². The van der Waals surface area contributed by atoms with Gasteiger partial charge in [0.15, 0.2) is 0 Å². The van der Waals surface area contributed by atoms with E-state index in [2.05, 4.69) is 5.32 Å². The third-order valence-electron chi connectivity index (χ3n) is 5.48. The monoisotopic (exact) mass is 469 g/mol. The number of carbonyl (C=O) groups is 2. The minimum atomic E-state index is -4.48. The normalized spacial score (nSPS) is 18.5. The molecule has 2 fully saturated rings. The van der Waals surface area contributed by atoms with Gasteiger partial charge in [-0.15, -0.1) is 11.8 Å². The number of anilines is 2. The van der Waals surface area contributed by atoms with E-state index >= 15 is 0 Å². The first-order valence-corrected chi connectivity index (χ1v) is 11.0. The topological polar surface area (TPSA) is 52.7 Å². The van der Waals surface area contributed by atoms with Crippen LogP contribution in [0.5, 0.6) is 0 Å². The Morgan fingerprint density at radius 1 is 1.10 bits per heavy atom. The Morgan fingerprint density at radius 3 is 2.42 bits per heavy atom. The molecule has 1 spiro atoms. The first-order valence-electron chi connectivity index (χ1n) is 9.64. The molecule has 2 heterocycles. The Morgan fingerprint density at radius 2 is 1.77 bits per heavy atom. The molecule has 0 unspecified atom stereocenters. The SMILES string of the molecule is O=C(Nc1ccc(Cl)cc1)N1CCC2(CC1)SCC(=O)N2c1cccc(C(F)(F)F)c1. The number of nitrogens with one attached hydrogen (secondary N) is 1. The van der Waals surface area contributed by atoms with E-state index in [9.17, 15) is 22.8 Å². The van der Waals surface area contributed by atoms with E-state index in [1.165, 1.54) is 28.8 Å². The highest BCUT2D eigenvalue weighted by atomic mass is 35.5. The second-order valence-corrected chi connectivity index (χ2v) is 9.21. The molecule has 1 N–H and O–H groups in total. The van der Waals surface area contributed by atoms with Gasteiger partial charge in [-0.3, -0.25) is 9.69 Å². The number of nitrogens with zero attached hydrogens (tertiary/aromatic N) is 2. The summed E-state index contributed by atoms with van der Waals surface area (Å²) in [5.74, 6) is -0.0175. The molecule has 0 aliphatic carbocycles. The van der Waals surface area contributed by atoms with Crippen molar-refractivity contribution < 1.29 is 22.8 Å². The van der Waals surface area contributed by atoms with Crippen molar-refractivity contribution in [1.29, 1.82) is 0 Å². The molecule has 0 bridgehead atoms. The highest BCUT2D eigenvalue weighted by Crippen LogP contribution is 2.47. The maximum absolute atomic E-state index is 13.2. The standard InChI is InChI=1S/C21H19ClF3N3O2S/c22-15-4-6-16(7-5-15)26-19(30)27-10-8-20(9-11-27)28(18(29)13-31-20)17-3-1-2-14(12-17)21(23,24)25/h1-7,12H,8-11,13H2,(H,26,30). The van der Waals surface area contributed by atoms with Crippen LogP contribution in [0.2, 0.25) is 5.02 Å². The molecule has 2 aliphatic rings. The fourth-order valence-electron chi connectivity index (χ4n) is 3.92. The number of hydrogen-bond donors (Lipinski definition) is 1. The van der Waals surface area contributed by atoms with Gasteiger partial charge in [-0.2, -0.15) is 13.2 Å². The van der Waals surface area contributed by atoms with Crippen molar-refractivity contribution in [2.75, 3.05) is 29.1 Å². The Kier molecular flexibility index (Phi) is 5.83. The molecule has 10 heteroatoms. The summed E-state index contributed by atoms with van der Waals surface area (Å²) < 4.78 is 39.5. The molecule has 0 atom stereocenters.